The van der Waals surface area contributed by atoms with Crippen molar-refractivity contribution in [3.05, 3.63) is 41.1 Å². The quantitative estimate of drug-likeness (QED) is 0.854. The summed E-state index contributed by atoms with van der Waals surface area (Å²) < 4.78 is 1.99. The topological polar surface area (TPSA) is 67.2 Å². The highest BCUT2D eigenvalue weighted by molar-refractivity contribution is 7.10. The van der Waals surface area contributed by atoms with Crippen molar-refractivity contribution in [3.8, 4) is 0 Å². The molecule has 2 heterocycles. The van der Waals surface area contributed by atoms with E-state index >= 15 is 0 Å². The van der Waals surface area contributed by atoms with Crippen LogP contribution in [0.1, 0.15) is 36.6 Å². The van der Waals surface area contributed by atoms with Crippen LogP contribution in [0, 0.1) is 11.3 Å². The summed E-state index contributed by atoms with van der Waals surface area (Å²) in [6.07, 6.45) is 8.63. The predicted octanol–water partition coefficient (Wildman–Crippen LogP) is 2.35. The van der Waals surface area contributed by atoms with E-state index in [4.69, 9.17) is 0 Å². The lowest BCUT2D eigenvalue weighted by Gasteiger charge is -2.38. The number of hydrogen-bond acceptors (Lipinski definition) is 4. The van der Waals surface area contributed by atoms with Gasteiger partial charge in [0.25, 0.3) is 0 Å². The lowest BCUT2D eigenvalue weighted by molar-refractivity contribution is -0.128. The molecule has 23 heavy (non-hydrogen) atoms. The van der Waals surface area contributed by atoms with Crippen LogP contribution >= 0.6 is 11.3 Å². The Kier molecular flexibility index (Phi) is 3.73. The third-order valence-corrected chi connectivity index (χ3v) is 6.09. The number of imidazole rings is 1. The van der Waals surface area contributed by atoms with Crippen molar-refractivity contribution in [2.45, 2.75) is 44.4 Å². The minimum Gasteiger partial charge on any atom is -0.393 e. The van der Waals surface area contributed by atoms with Gasteiger partial charge < -0.3 is 15.0 Å². The van der Waals surface area contributed by atoms with Gasteiger partial charge >= 0.3 is 0 Å². The summed E-state index contributed by atoms with van der Waals surface area (Å²) in [6.45, 7) is 0.698. The van der Waals surface area contributed by atoms with E-state index in [0.29, 0.717) is 12.5 Å². The second kappa shape index (κ2) is 5.76. The number of thiophene rings is 1. The van der Waals surface area contributed by atoms with E-state index in [1.807, 2.05) is 22.2 Å². The maximum Gasteiger partial charge on any atom is 0.228 e. The van der Waals surface area contributed by atoms with Crippen molar-refractivity contribution in [1.29, 1.82) is 0 Å². The molecule has 2 fully saturated rings. The molecule has 0 bridgehead atoms. The van der Waals surface area contributed by atoms with Gasteiger partial charge in [-0.2, -0.15) is 0 Å². The lowest BCUT2D eigenvalue weighted by atomic mass is 9.76. The number of aliphatic hydroxyl groups excluding tert-OH is 1. The molecule has 1 amide bonds. The van der Waals surface area contributed by atoms with Crippen LogP contribution in [0.25, 0.3) is 0 Å². The number of nitrogens with one attached hydrogen (secondary N) is 1. The highest BCUT2D eigenvalue weighted by atomic mass is 32.1. The van der Waals surface area contributed by atoms with E-state index in [9.17, 15) is 9.90 Å². The molecule has 2 N–H and O–H groups in total. The number of hydrogen-bond donors (Lipinski definition) is 2. The number of nitrogens with zero attached hydrogens (tertiary/aromatic N) is 2. The summed E-state index contributed by atoms with van der Waals surface area (Å²) in [4.78, 5) is 18.1. The van der Waals surface area contributed by atoms with Gasteiger partial charge in [0.2, 0.25) is 5.91 Å². The van der Waals surface area contributed by atoms with Crippen molar-refractivity contribution in [1.82, 2.24) is 14.9 Å². The number of carbonyl (C=O) groups is 1. The monoisotopic (exact) mass is 331 g/mol. The summed E-state index contributed by atoms with van der Waals surface area (Å²) in [7, 11) is 0. The Balaban J connectivity index is 1.47. The Morgan fingerprint density at radius 1 is 1.52 bits per heavy atom. The zero-order valence-corrected chi connectivity index (χ0v) is 13.7. The maximum atomic E-state index is 12.9. The Morgan fingerprint density at radius 3 is 2.91 bits per heavy atom. The summed E-state index contributed by atoms with van der Waals surface area (Å²) in [5, 5.41) is 15.0. The molecule has 0 radical (unpaired) electrons. The number of carbonyl (C=O) groups excluding carboxylic acids is 1. The first-order chi connectivity index (χ1) is 11.2. The summed E-state index contributed by atoms with van der Waals surface area (Å²) >= 11 is 1.68. The molecule has 0 saturated heterocycles. The van der Waals surface area contributed by atoms with Crippen molar-refractivity contribution >= 4 is 17.2 Å². The number of aliphatic hydroxyl groups is 1. The molecule has 1 atom stereocenters. The maximum absolute atomic E-state index is 12.9. The standard InChI is InChI=1S/C17H21N3O2S/c21-13-8-12(9-13)15(14-2-1-7-23-14)19-16(22)17(3-4-17)10-20-6-5-18-11-20/h1-2,5-7,11-13,15,21H,3-4,8-10H2,(H,19,22)/t12?,13?,15-/m0/s1. The Morgan fingerprint density at radius 2 is 2.35 bits per heavy atom. The number of amides is 1. The minimum atomic E-state index is -0.279. The molecule has 0 spiro atoms. The van der Waals surface area contributed by atoms with Gasteiger partial charge in [-0.3, -0.25) is 4.79 Å². The van der Waals surface area contributed by atoms with Gasteiger partial charge in [0, 0.05) is 23.8 Å². The third kappa shape index (κ3) is 2.93. The fourth-order valence-corrected chi connectivity index (χ4v) is 4.29. The summed E-state index contributed by atoms with van der Waals surface area (Å²) in [5.41, 5.74) is -0.279. The largest absolute Gasteiger partial charge is 0.393 e. The Bertz CT molecular complexity index is 658. The van der Waals surface area contributed by atoms with Crippen molar-refractivity contribution < 1.29 is 9.90 Å². The number of aromatic nitrogens is 2. The van der Waals surface area contributed by atoms with E-state index in [0.717, 1.165) is 25.7 Å². The molecule has 0 unspecified atom stereocenters. The molecule has 5 nitrogen and oxygen atoms in total. The van der Waals surface area contributed by atoms with E-state index in [-0.39, 0.29) is 23.5 Å². The molecule has 0 aromatic carbocycles. The molecule has 0 aliphatic heterocycles. The molecule has 2 aliphatic rings. The molecular weight excluding hydrogens is 310 g/mol. The zero-order valence-electron chi connectivity index (χ0n) is 12.9. The summed E-state index contributed by atoms with van der Waals surface area (Å²) in [6, 6.07) is 4.13. The fourth-order valence-electron chi connectivity index (χ4n) is 3.42. The molecule has 2 aromatic rings. The molecule has 2 aromatic heterocycles. The summed E-state index contributed by atoms with van der Waals surface area (Å²) in [5.74, 6) is 0.489. The normalized spacial score (nSPS) is 26.3. The smallest absolute Gasteiger partial charge is 0.228 e. The average molecular weight is 331 g/mol. The SMILES string of the molecule is O=C(N[C@H](c1cccs1)C1CC(O)C1)C1(Cn2ccnc2)CC1. The van der Waals surface area contributed by atoms with Crippen molar-refractivity contribution in [3.63, 3.8) is 0 Å². The average Bonchev–Trinajstić information content (AvgIpc) is 2.94. The van der Waals surface area contributed by atoms with Crippen molar-refractivity contribution in [2.75, 3.05) is 0 Å². The molecule has 6 heteroatoms. The van der Waals surface area contributed by atoms with E-state index < -0.39 is 0 Å². The first kappa shape index (κ1) is 14.9. The minimum absolute atomic E-state index is 0.0335. The predicted molar refractivity (Wildman–Crippen MR) is 87.8 cm³/mol. The first-order valence-electron chi connectivity index (χ1n) is 8.14. The van der Waals surface area contributed by atoms with Gasteiger partial charge in [0.05, 0.1) is 23.9 Å². The van der Waals surface area contributed by atoms with Crippen LogP contribution < -0.4 is 5.32 Å². The van der Waals surface area contributed by atoms with Crippen LogP contribution in [-0.2, 0) is 11.3 Å². The van der Waals surface area contributed by atoms with Crippen LogP contribution in [0.3, 0.4) is 0 Å². The van der Waals surface area contributed by atoms with Crippen LogP contribution in [0.2, 0.25) is 0 Å². The Hall–Kier alpha value is -1.66. The fraction of sp³-hybridized carbons (Fsp3) is 0.529. The number of rotatable bonds is 6. The third-order valence-electron chi connectivity index (χ3n) is 5.14. The molecule has 4 rings (SSSR count). The van der Waals surface area contributed by atoms with Crippen molar-refractivity contribution in [2.24, 2.45) is 11.3 Å². The van der Waals surface area contributed by atoms with E-state index in [2.05, 4.69) is 16.4 Å². The lowest BCUT2D eigenvalue weighted by Crippen LogP contribution is -2.44. The van der Waals surface area contributed by atoms with Crippen LogP contribution in [0.5, 0.6) is 0 Å². The second-order valence-electron chi connectivity index (χ2n) is 6.87. The van der Waals surface area contributed by atoms with Gasteiger partial charge in [0.1, 0.15) is 0 Å². The first-order valence-corrected chi connectivity index (χ1v) is 9.02. The van der Waals surface area contributed by atoms with Crippen LogP contribution in [0.4, 0.5) is 0 Å². The van der Waals surface area contributed by atoms with Crippen LogP contribution in [0.15, 0.2) is 36.2 Å². The van der Waals surface area contributed by atoms with E-state index in [1.165, 1.54) is 4.88 Å². The highest BCUT2D eigenvalue weighted by Gasteiger charge is 2.51. The van der Waals surface area contributed by atoms with Crippen LogP contribution in [-0.4, -0.2) is 26.7 Å². The van der Waals surface area contributed by atoms with Gasteiger partial charge in [-0.15, -0.1) is 11.3 Å². The van der Waals surface area contributed by atoms with Gasteiger partial charge in [-0.1, -0.05) is 6.07 Å². The highest BCUT2D eigenvalue weighted by Crippen LogP contribution is 2.49. The second-order valence-corrected chi connectivity index (χ2v) is 7.85. The molecule has 122 valence electrons. The molecular formula is C17H21N3O2S. The van der Waals surface area contributed by atoms with Gasteiger partial charge in [0.15, 0.2) is 0 Å². The molecule has 2 saturated carbocycles. The Labute approximate surface area is 139 Å². The molecule has 2 aliphatic carbocycles. The van der Waals surface area contributed by atoms with E-state index in [1.54, 1.807) is 23.9 Å². The van der Waals surface area contributed by atoms with Gasteiger partial charge in [-0.25, -0.2) is 4.98 Å². The zero-order chi connectivity index (χ0) is 15.9. The van der Waals surface area contributed by atoms with Gasteiger partial charge in [-0.05, 0) is 43.0 Å².